The summed E-state index contributed by atoms with van der Waals surface area (Å²) in [5.74, 6) is -1.61. The summed E-state index contributed by atoms with van der Waals surface area (Å²) >= 11 is 0. The molecule has 8 heteroatoms. The summed E-state index contributed by atoms with van der Waals surface area (Å²) in [6, 6.07) is 7.08. The molecule has 1 saturated carbocycles. The maximum atomic E-state index is 12.5. The number of nitrogens with zero attached hydrogens (tertiary/aromatic N) is 1. The van der Waals surface area contributed by atoms with Gasteiger partial charge in [-0.2, -0.15) is 0 Å². The Balaban J connectivity index is 1.48. The second-order valence-corrected chi connectivity index (χ2v) is 7.71. The highest BCUT2D eigenvalue weighted by Gasteiger charge is 2.52. The van der Waals surface area contributed by atoms with Gasteiger partial charge in [-0.05, 0) is 31.7 Å². The third-order valence-electron chi connectivity index (χ3n) is 5.58. The molecule has 1 saturated heterocycles. The van der Waals surface area contributed by atoms with Crippen molar-refractivity contribution < 1.29 is 23.9 Å². The second kappa shape index (κ2) is 8.63. The molecular weight excluding hydrogens is 374 g/mol. The number of aryl methyl sites for hydroxylation is 1. The van der Waals surface area contributed by atoms with Crippen molar-refractivity contribution >= 4 is 23.8 Å². The van der Waals surface area contributed by atoms with Crippen molar-refractivity contribution in [2.45, 2.75) is 57.5 Å². The average molecular weight is 401 g/mol. The Bertz CT molecular complexity index is 799. The lowest BCUT2D eigenvalue weighted by Gasteiger charge is -2.20. The number of amides is 4. The van der Waals surface area contributed by atoms with Crippen molar-refractivity contribution in [3.05, 3.63) is 35.4 Å². The van der Waals surface area contributed by atoms with E-state index in [2.05, 4.69) is 10.6 Å². The van der Waals surface area contributed by atoms with E-state index in [0.29, 0.717) is 19.3 Å². The monoisotopic (exact) mass is 401 g/mol. The predicted octanol–water partition coefficient (Wildman–Crippen LogP) is 1.97. The minimum Gasteiger partial charge on any atom is -0.454 e. The molecule has 2 aliphatic rings. The molecule has 0 radical (unpaired) electrons. The van der Waals surface area contributed by atoms with Gasteiger partial charge in [0.15, 0.2) is 6.61 Å². The number of ether oxygens (including phenoxy) is 1. The van der Waals surface area contributed by atoms with Crippen LogP contribution < -0.4 is 10.6 Å². The van der Waals surface area contributed by atoms with Gasteiger partial charge in [0.25, 0.3) is 11.8 Å². The number of hydrogen-bond donors (Lipinski definition) is 2. The molecule has 2 fully saturated rings. The van der Waals surface area contributed by atoms with Crippen LogP contribution in [0.25, 0.3) is 0 Å². The number of carbonyl (C=O) groups excluding carboxylic acids is 4. The minimum absolute atomic E-state index is 0.185. The zero-order chi connectivity index (χ0) is 21.0. The molecule has 1 atom stereocenters. The zero-order valence-corrected chi connectivity index (χ0v) is 16.8. The van der Waals surface area contributed by atoms with E-state index in [-0.39, 0.29) is 11.9 Å². The number of nitrogens with one attached hydrogen (secondary N) is 2. The van der Waals surface area contributed by atoms with Crippen molar-refractivity contribution in [1.29, 1.82) is 0 Å². The van der Waals surface area contributed by atoms with E-state index in [1.807, 2.05) is 38.1 Å². The first-order valence-corrected chi connectivity index (χ1v) is 10.0. The minimum atomic E-state index is -0.864. The Hall–Kier alpha value is -2.90. The lowest BCUT2D eigenvalue weighted by Crippen LogP contribution is -2.44. The molecule has 1 heterocycles. The lowest BCUT2D eigenvalue weighted by atomic mass is 9.98. The molecule has 1 aromatic carbocycles. The molecule has 29 heavy (non-hydrogen) atoms. The molecule has 2 N–H and O–H groups in total. The normalized spacial score (nSPS) is 18.6. The van der Waals surface area contributed by atoms with E-state index in [1.54, 1.807) is 0 Å². The van der Waals surface area contributed by atoms with E-state index in [1.165, 1.54) is 0 Å². The molecule has 4 amide bonds. The van der Waals surface area contributed by atoms with Crippen LogP contribution in [0.1, 0.15) is 56.2 Å². The van der Waals surface area contributed by atoms with Crippen LogP contribution in [0.2, 0.25) is 0 Å². The highest BCUT2D eigenvalue weighted by Crippen LogP contribution is 2.34. The smallest absolute Gasteiger partial charge is 0.326 e. The summed E-state index contributed by atoms with van der Waals surface area (Å²) in [6.07, 6.45) is 3.59. The number of benzene rings is 1. The van der Waals surface area contributed by atoms with Crippen LogP contribution in [0.4, 0.5) is 4.79 Å². The van der Waals surface area contributed by atoms with Crippen molar-refractivity contribution in [3.8, 4) is 0 Å². The van der Waals surface area contributed by atoms with Crippen LogP contribution >= 0.6 is 0 Å². The summed E-state index contributed by atoms with van der Waals surface area (Å²) in [7, 11) is 0. The van der Waals surface area contributed by atoms with Gasteiger partial charge in [0.2, 0.25) is 0 Å². The number of carbonyl (C=O) groups is 4. The second-order valence-electron chi connectivity index (χ2n) is 7.71. The summed E-state index contributed by atoms with van der Waals surface area (Å²) in [4.78, 5) is 49.8. The molecule has 1 spiro atoms. The first-order chi connectivity index (χ1) is 13.8. The molecule has 8 nitrogen and oxygen atoms in total. The van der Waals surface area contributed by atoms with Gasteiger partial charge in [-0.15, -0.1) is 0 Å². The van der Waals surface area contributed by atoms with E-state index in [4.69, 9.17) is 4.74 Å². The molecule has 156 valence electrons. The average Bonchev–Trinajstić information content (AvgIpc) is 3.26. The zero-order valence-electron chi connectivity index (χ0n) is 16.8. The van der Waals surface area contributed by atoms with Gasteiger partial charge in [0.1, 0.15) is 12.1 Å². The molecule has 0 aromatic heterocycles. The molecule has 1 aliphatic heterocycles. The molecule has 1 aromatic rings. The topological polar surface area (TPSA) is 105 Å². The first-order valence-electron chi connectivity index (χ1n) is 10.0. The highest BCUT2D eigenvalue weighted by molar-refractivity contribution is 6.08. The van der Waals surface area contributed by atoms with Gasteiger partial charge in [0, 0.05) is 0 Å². The third kappa shape index (κ3) is 4.58. The summed E-state index contributed by atoms with van der Waals surface area (Å²) in [5, 5.41) is 5.54. The van der Waals surface area contributed by atoms with Crippen molar-refractivity contribution in [3.63, 3.8) is 0 Å². The lowest BCUT2D eigenvalue weighted by molar-refractivity contribution is -0.151. The molecule has 1 aliphatic carbocycles. The number of urea groups is 1. The van der Waals surface area contributed by atoms with Crippen LogP contribution in [0.3, 0.4) is 0 Å². The van der Waals surface area contributed by atoms with Gasteiger partial charge in [-0.3, -0.25) is 19.3 Å². The van der Waals surface area contributed by atoms with Gasteiger partial charge in [-0.25, -0.2) is 4.79 Å². The van der Waals surface area contributed by atoms with Gasteiger partial charge >= 0.3 is 12.0 Å². The number of hydrogen-bond acceptors (Lipinski definition) is 5. The summed E-state index contributed by atoms with van der Waals surface area (Å²) < 4.78 is 4.99. The van der Waals surface area contributed by atoms with Gasteiger partial charge < -0.3 is 15.4 Å². The fraction of sp³-hybridized carbons (Fsp3) is 0.524. The summed E-state index contributed by atoms with van der Waals surface area (Å²) in [6.45, 7) is 2.99. The maximum absolute atomic E-state index is 12.5. The van der Waals surface area contributed by atoms with Crippen LogP contribution in [0.5, 0.6) is 0 Å². The van der Waals surface area contributed by atoms with Crippen molar-refractivity contribution in [1.82, 2.24) is 15.5 Å². The van der Waals surface area contributed by atoms with Crippen LogP contribution in [0, 0.1) is 6.92 Å². The quantitative estimate of drug-likeness (QED) is 0.537. The highest BCUT2D eigenvalue weighted by atomic mass is 16.5. The van der Waals surface area contributed by atoms with E-state index in [9.17, 15) is 19.2 Å². The Morgan fingerprint density at radius 3 is 2.48 bits per heavy atom. The first kappa shape index (κ1) is 20.8. The maximum Gasteiger partial charge on any atom is 0.326 e. The Morgan fingerprint density at radius 1 is 1.21 bits per heavy atom. The van der Waals surface area contributed by atoms with Crippen LogP contribution in [-0.4, -0.2) is 47.4 Å². The number of esters is 1. The van der Waals surface area contributed by atoms with Crippen molar-refractivity contribution in [2.24, 2.45) is 0 Å². The molecule has 0 bridgehead atoms. The van der Waals surface area contributed by atoms with Crippen LogP contribution in [0.15, 0.2) is 24.3 Å². The van der Waals surface area contributed by atoms with Crippen LogP contribution in [-0.2, 0) is 19.1 Å². The number of imide groups is 1. The number of rotatable bonds is 7. The van der Waals surface area contributed by atoms with E-state index < -0.39 is 36.6 Å². The molecule has 3 rings (SSSR count). The standard InChI is InChI=1S/C21H27N3O5/c1-3-16(15-8-6-14(2)7-9-15)22-17(25)13-29-18(26)12-24-19(27)21(23-20(24)28)10-4-5-11-21/h6-9,16H,3-5,10-13H2,1-2H3,(H,22,25)(H,23,28)/t16-/m0/s1. The van der Waals surface area contributed by atoms with Crippen molar-refractivity contribution in [2.75, 3.05) is 13.2 Å². The largest absolute Gasteiger partial charge is 0.454 e. The Kier molecular flexibility index (Phi) is 6.20. The Labute approximate surface area is 170 Å². The predicted molar refractivity (Wildman–Crippen MR) is 105 cm³/mol. The van der Waals surface area contributed by atoms with Gasteiger partial charge in [-0.1, -0.05) is 49.6 Å². The SMILES string of the molecule is CC[C@H](NC(=O)COC(=O)CN1C(=O)NC2(CCCC2)C1=O)c1ccc(C)cc1. The third-order valence-corrected chi connectivity index (χ3v) is 5.58. The fourth-order valence-corrected chi connectivity index (χ4v) is 3.91. The molecular formula is C21H27N3O5. The summed E-state index contributed by atoms with van der Waals surface area (Å²) in [5.41, 5.74) is 1.24. The van der Waals surface area contributed by atoms with E-state index >= 15 is 0 Å². The Morgan fingerprint density at radius 2 is 1.86 bits per heavy atom. The molecule has 0 unspecified atom stereocenters. The van der Waals surface area contributed by atoms with E-state index in [0.717, 1.165) is 28.9 Å². The fourth-order valence-electron chi connectivity index (χ4n) is 3.91. The van der Waals surface area contributed by atoms with Gasteiger partial charge in [0.05, 0.1) is 6.04 Å².